The number of hydrogen-bond acceptors (Lipinski definition) is 8. The lowest BCUT2D eigenvalue weighted by Crippen LogP contribution is -2.53. The van der Waals surface area contributed by atoms with Crippen molar-refractivity contribution < 1.29 is 0 Å². The van der Waals surface area contributed by atoms with Gasteiger partial charge in [0, 0.05) is 62.8 Å². The van der Waals surface area contributed by atoms with Crippen molar-refractivity contribution in [3.05, 3.63) is 47.8 Å². The summed E-state index contributed by atoms with van der Waals surface area (Å²) in [4.78, 5) is 14.1. The van der Waals surface area contributed by atoms with Crippen molar-refractivity contribution in [3.8, 4) is 0 Å². The van der Waals surface area contributed by atoms with Gasteiger partial charge in [-0.3, -0.25) is 0 Å². The van der Waals surface area contributed by atoms with E-state index in [9.17, 15) is 0 Å². The summed E-state index contributed by atoms with van der Waals surface area (Å²) in [7, 11) is 0. The molecule has 0 aliphatic carbocycles. The summed E-state index contributed by atoms with van der Waals surface area (Å²) in [6.07, 6.45) is 2.34. The lowest BCUT2D eigenvalue weighted by atomic mass is 10.0. The van der Waals surface area contributed by atoms with Gasteiger partial charge in [0.05, 0.1) is 0 Å². The number of rotatable bonds is 4. The molecule has 2 aliphatic heterocycles. The molecule has 8 nitrogen and oxygen atoms in total. The van der Waals surface area contributed by atoms with Crippen LogP contribution in [0.1, 0.15) is 24.2 Å². The van der Waals surface area contributed by atoms with Crippen molar-refractivity contribution >= 4 is 24.0 Å². The summed E-state index contributed by atoms with van der Waals surface area (Å²) in [6, 6.07) is 12.5. The summed E-state index contributed by atoms with van der Waals surface area (Å²) in [6.45, 7) is 2.98. The van der Waals surface area contributed by atoms with E-state index in [1.54, 1.807) is 0 Å². The Balaban J connectivity index is 0.00000256. The lowest BCUT2D eigenvalue weighted by molar-refractivity contribution is 0.445. The fourth-order valence-corrected chi connectivity index (χ4v) is 4.38. The number of halogens is 1. The van der Waals surface area contributed by atoms with Crippen molar-refractivity contribution in [3.63, 3.8) is 0 Å². The number of aromatic nitrogens is 2. The zero-order valence-electron chi connectivity index (χ0n) is 17.2. The van der Waals surface area contributed by atoms with E-state index in [1.807, 2.05) is 24.3 Å². The van der Waals surface area contributed by atoms with Crippen LogP contribution in [-0.4, -0.2) is 60.3 Å². The van der Waals surface area contributed by atoms with E-state index < -0.39 is 0 Å². The Labute approximate surface area is 184 Å². The van der Waals surface area contributed by atoms with E-state index in [0.717, 1.165) is 56.5 Å². The molecular formula is C21H33ClN8. The van der Waals surface area contributed by atoms with Crippen molar-refractivity contribution in [2.24, 2.45) is 22.9 Å². The third-order valence-corrected chi connectivity index (χ3v) is 5.63. The summed E-state index contributed by atoms with van der Waals surface area (Å²) in [5.74, 6) is 2.53. The van der Waals surface area contributed by atoms with Crippen LogP contribution in [0.5, 0.6) is 0 Å². The quantitative estimate of drug-likeness (QED) is 0.538. The Hall–Kier alpha value is -1.97. The fraction of sp³-hybridized carbons (Fsp3) is 0.524. The van der Waals surface area contributed by atoms with Crippen molar-refractivity contribution in [1.82, 2.24) is 9.97 Å². The van der Waals surface area contributed by atoms with E-state index in [0.29, 0.717) is 6.42 Å². The summed E-state index contributed by atoms with van der Waals surface area (Å²) in [5.41, 5.74) is 26.1. The van der Waals surface area contributed by atoms with E-state index in [1.165, 1.54) is 5.56 Å². The molecule has 2 aliphatic rings. The smallest absolute Gasteiger partial charge is 0.137 e. The van der Waals surface area contributed by atoms with Crippen LogP contribution in [0.4, 0.5) is 11.6 Å². The van der Waals surface area contributed by atoms with Gasteiger partial charge in [0.25, 0.3) is 0 Å². The highest BCUT2D eigenvalue weighted by atomic mass is 35.5. The topological polar surface area (TPSA) is 136 Å². The van der Waals surface area contributed by atoms with E-state index in [-0.39, 0.29) is 36.6 Å². The first-order valence-electron chi connectivity index (χ1n) is 10.4. The van der Waals surface area contributed by atoms with Crippen LogP contribution in [-0.2, 0) is 6.42 Å². The van der Waals surface area contributed by atoms with Gasteiger partial charge in [-0.25, -0.2) is 9.97 Å². The summed E-state index contributed by atoms with van der Waals surface area (Å²) >= 11 is 0. The van der Waals surface area contributed by atoms with E-state index in [4.69, 9.17) is 32.9 Å². The first kappa shape index (κ1) is 22.7. The SMILES string of the molecule is Cl.N[C@@H]1C[C@H](N)CN(c2cc(N3C[C@H](N)C[C@H](N)C3)nc(Cc3ccccc3)n2)C1. The zero-order chi connectivity index (χ0) is 20.4. The second kappa shape index (κ2) is 9.89. The van der Waals surface area contributed by atoms with Gasteiger partial charge in [-0.05, 0) is 18.4 Å². The maximum atomic E-state index is 6.22. The van der Waals surface area contributed by atoms with Gasteiger partial charge in [-0.2, -0.15) is 0 Å². The fourth-order valence-electron chi connectivity index (χ4n) is 4.38. The molecule has 2 aromatic rings. The van der Waals surface area contributed by atoms with Gasteiger partial charge in [0.15, 0.2) is 0 Å². The van der Waals surface area contributed by atoms with Crippen LogP contribution >= 0.6 is 12.4 Å². The highest BCUT2D eigenvalue weighted by Gasteiger charge is 2.27. The van der Waals surface area contributed by atoms with Gasteiger partial charge in [0.1, 0.15) is 17.5 Å². The molecule has 4 atom stereocenters. The van der Waals surface area contributed by atoms with Crippen LogP contribution in [0, 0.1) is 0 Å². The van der Waals surface area contributed by atoms with E-state index in [2.05, 4.69) is 21.9 Å². The number of anilines is 2. The highest BCUT2D eigenvalue weighted by molar-refractivity contribution is 5.85. The number of nitrogens with two attached hydrogens (primary N) is 4. The second-order valence-corrected chi connectivity index (χ2v) is 8.48. The Morgan fingerprint density at radius 3 is 1.60 bits per heavy atom. The number of nitrogens with zero attached hydrogens (tertiary/aromatic N) is 4. The molecule has 1 aromatic carbocycles. The summed E-state index contributed by atoms with van der Waals surface area (Å²) in [5, 5.41) is 0. The molecule has 1 aromatic heterocycles. The molecule has 0 saturated carbocycles. The molecule has 164 valence electrons. The zero-order valence-corrected chi connectivity index (χ0v) is 18.0. The second-order valence-electron chi connectivity index (χ2n) is 8.48. The molecule has 2 saturated heterocycles. The normalized spacial score (nSPS) is 26.9. The monoisotopic (exact) mass is 432 g/mol. The Bertz CT molecular complexity index is 756. The third kappa shape index (κ3) is 5.59. The first-order chi connectivity index (χ1) is 14.0. The predicted molar refractivity (Wildman–Crippen MR) is 124 cm³/mol. The molecule has 0 unspecified atom stereocenters. The van der Waals surface area contributed by atoms with Crippen molar-refractivity contribution in [2.45, 2.75) is 43.4 Å². The molecule has 0 bridgehead atoms. The molecule has 9 heteroatoms. The van der Waals surface area contributed by atoms with Crippen molar-refractivity contribution in [2.75, 3.05) is 36.0 Å². The van der Waals surface area contributed by atoms with Gasteiger partial charge >= 0.3 is 0 Å². The molecule has 8 N–H and O–H groups in total. The molecule has 2 fully saturated rings. The van der Waals surface area contributed by atoms with Gasteiger partial charge in [-0.1, -0.05) is 30.3 Å². The highest BCUT2D eigenvalue weighted by Crippen LogP contribution is 2.25. The molecule has 4 rings (SSSR count). The maximum Gasteiger partial charge on any atom is 0.137 e. The van der Waals surface area contributed by atoms with Crippen LogP contribution < -0.4 is 32.7 Å². The average Bonchev–Trinajstić information content (AvgIpc) is 2.67. The third-order valence-electron chi connectivity index (χ3n) is 5.63. The number of benzene rings is 1. The molecular weight excluding hydrogens is 400 g/mol. The first-order valence-corrected chi connectivity index (χ1v) is 10.4. The Morgan fingerprint density at radius 2 is 1.17 bits per heavy atom. The predicted octanol–water partition coefficient (Wildman–Crippen LogP) is 0.219. The van der Waals surface area contributed by atoms with Crippen LogP contribution in [0.2, 0.25) is 0 Å². The average molecular weight is 433 g/mol. The minimum atomic E-state index is 0. The molecule has 3 heterocycles. The van der Waals surface area contributed by atoms with Crippen LogP contribution in [0.3, 0.4) is 0 Å². The molecule has 30 heavy (non-hydrogen) atoms. The molecule has 0 radical (unpaired) electrons. The van der Waals surface area contributed by atoms with Crippen molar-refractivity contribution in [1.29, 1.82) is 0 Å². The van der Waals surface area contributed by atoms with Gasteiger partial charge < -0.3 is 32.7 Å². The van der Waals surface area contributed by atoms with Crippen LogP contribution in [0.25, 0.3) is 0 Å². The van der Waals surface area contributed by atoms with Gasteiger partial charge in [0.2, 0.25) is 0 Å². The number of piperidine rings is 2. The maximum absolute atomic E-state index is 6.22. The van der Waals surface area contributed by atoms with Crippen LogP contribution in [0.15, 0.2) is 36.4 Å². The Kier molecular flexibility index (Phi) is 7.49. The standard InChI is InChI=1S/C21H32N8.ClH/c22-15-7-16(23)11-28(10-15)20-9-21(29-12-17(24)8-18(25)13-29)27-19(26-20)6-14-4-2-1-3-5-14;/h1-5,9,15-18H,6-8,10-13,22-25H2;1H/t15-,16+,17-,18+;. The van der Waals surface area contributed by atoms with Gasteiger partial charge in [-0.15, -0.1) is 12.4 Å². The van der Waals surface area contributed by atoms with E-state index >= 15 is 0 Å². The summed E-state index contributed by atoms with van der Waals surface area (Å²) < 4.78 is 0. The molecule has 0 amide bonds. The Morgan fingerprint density at radius 1 is 0.733 bits per heavy atom. The minimum absolute atomic E-state index is 0. The minimum Gasteiger partial charge on any atom is -0.353 e. The largest absolute Gasteiger partial charge is 0.353 e. The molecule has 0 spiro atoms. The lowest BCUT2D eigenvalue weighted by Gasteiger charge is -2.38. The number of hydrogen-bond donors (Lipinski definition) is 4.